The number of anilines is 2. The molecule has 2 aliphatic rings. The second-order valence-corrected chi connectivity index (χ2v) is 4.87. The molecule has 0 spiro atoms. The maximum Gasteiger partial charge on any atom is 0.296 e. The number of ketones is 1. The van der Waals surface area contributed by atoms with Crippen LogP contribution >= 0.6 is 11.6 Å². The van der Waals surface area contributed by atoms with E-state index >= 15 is 0 Å². The van der Waals surface area contributed by atoms with Gasteiger partial charge < -0.3 is 10.2 Å². The van der Waals surface area contributed by atoms with Crippen LogP contribution in [0.5, 0.6) is 0 Å². The van der Waals surface area contributed by atoms with Crippen molar-refractivity contribution in [2.45, 2.75) is 0 Å². The molecule has 20 heavy (non-hydrogen) atoms. The van der Waals surface area contributed by atoms with Gasteiger partial charge in [-0.3, -0.25) is 24.5 Å². The van der Waals surface area contributed by atoms with Crippen LogP contribution in [-0.4, -0.2) is 36.6 Å². The Morgan fingerprint density at radius 1 is 1.00 bits per heavy atom. The molecule has 8 heteroatoms. The standard InChI is InChI=1S/C12H8ClN3O4/c13-6-1-5-7(14-12(20)11(5)19)2-8(6)16-3-9(17)15-10(18)4-16/h1-2H,3-4H2,(H,14,19,20)(H,15,17,18). The van der Waals surface area contributed by atoms with Crippen LogP contribution in [-0.2, 0) is 14.4 Å². The van der Waals surface area contributed by atoms with Gasteiger partial charge in [0.25, 0.3) is 11.7 Å². The van der Waals surface area contributed by atoms with Crippen LogP contribution in [0.3, 0.4) is 0 Å². The predicted octanol–water partition coefficient (Wildman–Crippen LogP) is -0.0624. The number of nitrogens with zero attached hydrogens (tertiary/aromatic N) is 1. The Labute approximate surface area is 117 Å². The van der Waals surface area contributed by atoms with E-state index in [-0.39, 0.29) is 23.7 Å². The second-order valence-electron chi connectivity index (χ2n) is 4.46. The zero-order valence-electron chi connectivity index (χ0n) is 10.0. The number of rotatable bonds is 1. The van der Waals surface area contributed by atoms with Crippen LogP contribution in [0.15, 0.2) is 12.1 Å². The number of hydrogen-bond acceptors (Lipinski definition) is 5. The van der Waals surface area contributed by atoms with E-state index in [1.807, 2.05) is 0 Å². The average molecular weight is 294 g/mol. The first kappa shape index (κ1) is 12.6. The number of amides is 3. The molecule has 2 aliphatic heterocycles. The van der Waals surface area contributed by atoms with Gasteiger partial charge in [-0.1, -0.05) is 11.6 Å². The largest absolute Gasteiger partial charge is 0.352 e. The molecule has 1 aromatic rings. The van der Waals surface area contributed by atoms with Crippen LogP contribution in [0.4, 0.5) is 11.4 Å². The lowest BCUT2D eigenvalue weighted by molar-refractivity contribution is -0.130. The maximum atomic E-state index is 11.5. The fourth-order valence-electron chi connectivity index (χ4n) is 2.20. The van der Waals surface area contributed by atoms with Gasteiger partial charge in [0.1, 0.15) is 0 Å². The molecule has 1 fully saturated rings. The summed E-state index contributed by atoms with van der Waals surface area (Å²) in [6, 6.07) is 2.86. The number of Topliss-reactive ketones (excluding diaryl/α,β-unsaturated/α-hetero) is 1. The summed E-state index contributed by atoms with van der Waals surface area (Å²) in [5, 5.41) is 4.80. The molecule has 2 N–H and O–H groups in total. The number of halogens is 1. The lowest BCUT2D eigenvalue weighted by Gasteiger charge is -2.28. The van der Waals surface area contributed by atoms with E-state index in [9.17, 15) is 19.2 Å². The van der Waals surface area contributed by atoms with E-state index in [1.54, 1.807) is 0 Å². The van der Waals surface area contributed by atoms with Gasteiger partial charge in [-0.2, -0.15) is 0 Å². The average Bonchev–Trinajstić information content (AvgIpc) is 2.63. The molecule has 0 aromatic heterocycles. The highest BCUT2D eigenvalue weighted by atomic mass is 35.5. The molecular formula is C12H8ClN3O4. The van der Waals surface area contributed by atoms with E-state index in [4.69, 9.17) is 11.6 Å². The van der Waals surface area contributed by atoms with Crippen molar-refractivity contribution in [3.63, 3.8) is 0 Å². The van der Waals surface area contributed by atoms with Crippen molar-refractivity contribution in [1.82, 2.24) is 5.32 Å². The third kappa shape index (κ3) is 1.92. The fourth-order valence-corrected chi connectivity index (χ4v) is 2.49. The summed E-state index contributed by atoms with van der Waals surface area (Å²) in [6.45, 7) is -0.0434. The first-order valence-corrected chi connectivity index (χ1v) is 6.10. The normalized spacial score (nSPS) is 17.9. The molecule has 0 aliphatic carbocycles. The molecule has 2 heterocycles. The highest BCUT2D eigenvalue weighted by Gasteiger charge is 2.31. The van der Waals surface area contributed by atoms with E-state index in [2.05, 4.69) is 10.6 Å². The van der Waals surface area contributed by atoms with Crippen molar-refractivity contribution in [1.29, 1.82) is 0 Å². The lowest BCUT2D eigenvalue weighted by Crippen LogP contribution is -2.51. The first-order chi connectivity index (χ1) is 9.45. The summed E-state index contributed by atoms with van der Waals surface area (Å²) >= 11 is 6.07. The number of benzene rings is 1. The Kier molecular flexibility index (Phi) is 2.72. The number of imide groups is 1. The third-order valence-corrected chi connectivity index (χ3v) is 3.38. The second kappa shape index (κ2) is 4.31. The number of fused-ring (bicyclic) bond motifs is 1. The van der Waals surface area contributed by atoms with Crippen molar-refractivity contribution in [2.24, 2.45) is 0 Å². The molecule has 3 amide bonds. The Morgan fingerprint density at radius 2 is 1.65 bits per heavy atom. The van der Waals surface area contributed by atoms with Gasteiger partial charge in [0.2, 0.25) is 11.8 Å². The molecule has 0 saturated carbocycles. The van der Waals surface area contributed by atoms with Crippen molar-refractivity contribution >= 4 is 46.5 Å². The predicted molar refractivity (Wildman–Crippen MR) is 69.8 cm³/mol. The molecule has 0 radical (unpaired) electrons. The van der Waals surface area contributed by atoms with Crippen molar-refractivity contribution in [3.05, 3.63) is 22.7 Å². The number of piperazine rings is 1. The van der Waals surface area contributed by atoms with Gasteiger partial charge in [0.15, 0.2) is 0 Å². The molecule has 0 atom stereocenters. The maximum absolute atomic E-state index is 11.5. The van der Waals surface area contributed by atoms with Gasteiger partial charge in [-0.25, -0.2) is 0 Å². The molecule has 102 valence electrons. The van der Waals surface area contributed by atoms with Crippen molar-refractivity contribution in [2.75, 3.05) is 23.3 Å². The van der Waals surface area contributed by atoms with E-state index in [0.29, 0.717) is 11.4 Å². The Bertz CT molecular complexity index is 670. The fraction of sp³-hybridized carbons (Fsp3) is 0.167. The molecule has 3 rings (SSSR count). The highest BCUT2D eigenvalue weighted by Crippen LogP contribution is 2.35. The minimum absolute atomic E-state index is 0.0217. The smallest absolute Gasteiger partial charge is 0.296 e. The summed E-state index contributed by atoms with van der Waals surface area (Å²) in [5.41, 5.74) is 0.943. The van der Waals surface area contributed by atoms with Crippen LogP contribution in [0.25, 0.3) is 0 Å². The summed E-state index contributed by atoms with van der Waals surface area (Å²) in [4.78, 5) is 47.1. The molecular weight excluding hydrogens is 286 g/mol. The number of hydrogen-bond donors (Lipinski definition) is 2. The van der Waals surface area contributed by atoms with Gasteiger partial charge in [-0.05, 0) is 12.1 Å². The van der Waals surface area contributed by atoms with E-state index in [1.165, 1.54) is 17.0 Å². The topological polar surface area (TPSA) is 95.6 Å². The Balaban J connectivity index is 2.02. The van der Waals surface area contributed by atoms with Crippen molar-refractivity contribution < 1.29 is 19.2 Å². The molecule has 0 unspecified atom stereocenters. The summed E-state index contributed by atoms with van der Waals surface area (Å²) in [5.74, 6) is -2.24. The minimum atomic E-state index is -0.722. The highest BCUT2D eigenvalue weighted by molar-refractivity contribution is 6.52. The zero-order chi connectivity index (χ0) is 14.4. The van der Waals surface area contributed by atoms with Crippen LogP contribution in [0.1, 0.15) is 10.4 Å². The molecule has 1 aromatic carbocycles. The molecule has 0 bridgehead atoms. The van der Waals surface area contributed by atoms with E-state index in [0.717, 1.165) is 0 Å². The quantitative estimate of drug-likeness (QED) is 0.558. The number of carbonyl (C=O) groups excluding carboxylic acids is 4. The molecule has 1 saturated heterocycles. The summed E-state index contributed by atoms with van der Waals surface area (Å²) in [7, 11) is 0. The first-order valence-electron chi connectivity index (χ1n) is 5.72. The SMILES string of the molecule is O=C1CN(c2cc3c(cc2Cl)C(=O)C(=O)N3)CC(=O)N1. The Hall–Kier alpha value is -2.41. The summed E-state index contributed by atoms with van der Waals surface area (Å²) in [6.07, 6.45) is 0. The van der Waals surface area contributed by atoms with Gasteiger partial charge in [0.05, 0.1) is 35.1 Å². The zero-order valence-corrected chi connectivity index (χ0v) is 10.8. The van der Waals surface area contributed by atoms with E-state index < -0.39 is 23.5 Å². The lowest BCUT2D eigenvalue weighted by atomic mass is 10.1. The van der Waals surface area contributed by atoms with Crippen molar-refractivity contribution in [3.8, 4) is 0 Å². The number of carbonyl (C=O) groups is 4. The minimum Gasteiger partial charge on any atom is -0.352 e. The summed E-state index contributed by atoms with van der Waals surface area (Å²) < 4.78 is 0. The van der Waals surface area contributed by atoms with Crippen LogP contribution in [0, 0.1) is 0 Å². The Morgan fingerprint density at radius 3 is 2.30 bits per heavy atom. The monoisotopic (exact) mass is 293 g/mol. The van der Waals surface area contributed by atoms with Crippen LogP contribution in [0.2, 0.25) is 5.02 Å². The third-order valence-electron chi connectivity index (χ3n) is 3.07. The van der Waals surface area contributed by atoms with Gasteiger partial charge in [0, 0.05) is 0 Å². The van der Waals surface area contributed by atoms with Gasteiger partial charge in [-0.15, -0.1) is 0 Å². The molecule has 7 nitrogen and oxygen atoms in total. The van der Waals surface area contributed by atoms with Gasteiger partial charge >= 0.3 is 0 Å². The number of nitrogens with one attached hydrogen (secondary N) is 2. The van der Waals surface area contributed by atoms with Crippen LogP contribution < -0.4 is 15.5 Å².